The molecule has 0 amide bonds. The highest BCUT2D eigenvalue weighted by Gasteiger charge is 1.96. The number of methoxy groups -OCH3 is 1. The number of nitrogens with two attached hydrogens (primary N) is 1. The lowest BCUT2D eigenvalue weighted by Crippen LogP contribution is -2.33. The zero-order valence-corrected chi connectivity index (χ0v) is 14.1. The van der Waals surface area contributed by atoms with Gasteiger partial charge in [0.1, 0.15) is 5.75 Å². The predicted molar refractivity (Wildman–Crippen MR) is 95.2 cm³/mol. The fourth-order valence-electron chi connectivity index (χ4n) is 1.97. The van der Waals surface area contributed by atoms with E-state index in [1.807, 2.05) is 24.3 Å². The van der Waals surface area contributed by atoms with E-state index in [1.165, 1.54) is 4.88 Å². The molecule has 0 radical (unpaired) electrons. The minimum absolute atomic E-state index is 0.467. The monoisotopic (exact) mass is 333 g/mol. The molecular weight excluding hydrogens is 310 g/mol. The Kier molecular flexibility index (Phi) is 7.42. The number of benzene rings is 1. The molecule has 0 spiro atoms. The minimum atomic E-state index is 0.467. The maximum Gasteiger partial charge on any atom is 0.188 e. The van der Waals surface area contributed by atoms with E-state index < -0.39 is 0 Å². The van der Waals surface area contributed by atoms with E-state index in [4.69, 9.17) is 15.2 Å². The second-order valence-corrected chi connectivity index (χ2v) is 5.96. The number of ether oxygens (including phenoxy) is 2. The van der Waals surface area contributed by atoms with Gasteiger partial charge in [-0.25, -0.2) is 0 Å². The fourth-order valence-corrected chi connectivity index (χ4v) is 2.68. The van der Waals surface area contributed by atoms with Crippen molar-refractivity contribution in [2.24, 2.45) is 10.7 Å². The van der Waals surface area contributed by atoms with Gasteiger partial charge in [0, 0.05) is 11.4 Å². The molecule has 0 saturated carbocycles. The van der Waals surface area contributed by atoms with Crippen LogP contribution < -0.4 is 15.8 Å². The van der Waals surface area contributed by atoms with Crippen molar-refractivity contribution in [3.8, 4) is 5.75 Å². The van der Waals surface area contributed by atoms with Crippen molar-refractivity contribution < 1.29 is 9.47 Å². The summed E-state index contributed by atoms with van der Waals surface area (Å²) in [5.41, 5.74) is 6.92. The van der Waals surface area contributed by atoms with Gasteiger partial charge in [0.2, 0.25) is 0 Å². The van der Waals surface area contributed by atoms with E-state index in [-0.39, 0.29) is 0 Å². The van der Waals surface area contributed by atoms with Gasteiger partial charge in [-0.15, -0.1) is 11.3 Å². The SMILES string of the molecule is COc1ccc(COCCN=C(N)NCCc2cccs2)cc1. The molecule has 124 valence electrons. The average Bonchev–Trinajstić information content (AvgIpc) is 3.08. The number of hydrogen-bond donors (Lipinski definition) is 2. The summed E-state index contributed by atoms with van der Waals surface area (Å²) < 4.78 is 10.7. The number of rotatable bonds is 9. The first-order valence-electron chi connectivity index (χ1n) is 7.55. The second kappa shape index (κ2) is 9.86. The van der Waals surface area contributed by atoms with Gasteiger partial charge < -0.3 is 20.5 Å². The van der Waals surface area contributed by atoms with Crippen LogP contribution in [0.2, 0.25) is 0 Å². The molecule has 0 atom stereocenters. The maximum atomic E-state index is 5.81. The molecule has 3 N–H and O–H groups in total. The summed E-state index contributed by atoms with van der Waals surface area (Å²) in [7, 11) is 1.66. The molecule has 1 aromatic heterocycles. The van der Waals surface area contributed by atoms with E-state index in [2.05, 4.69) is 27.8 Å². The molecule has 0 aliphatic rings. The van der Waals surface area contributed by atoms with Crippen LogP contribution in [0.1, 0.15) is 10.4 Å². The Hall–Kier alpha value is -2.05. The lowest BCUT2D eigenvalue weighted by Gasteiger charge is -2.06. The number of guanidine groups is 1. The third-order valence-corrected chi connectivity index (χ3v) is 4.14. The standard InChI is InChI=1S/C17H23N3O2S/c1-21-15-6-4-14(5-7-15)13-22-11-10-20-17(18)19-9-8-16-3-2-12-23-16/h2-7,12H,8-11,13H2,1H3,(H3,18,19,20). The van der Waals surface area contributed by atoms with Crippen LogP contribution in [-0.4, -0.2) is 32.8 Å². The van der Waals surface area contributed by atoms with E-state index in [0.29, 0.717) is 25.7 Å². The first-order valence-corrected chi connectivity index (χ1v) is 8.43. The van der Waals surface area contributed by atoms with Crippen molar-refractivity contribution in [1.82, 2.24) is 5.32 Å². The van der Waals surface area contributed by atoms with Gasteiger partial charge in [-0.3, -0.25) is 4.99 Å². The van der Waals surface area contributed by atoms with Crippen molar-refractivity contribution in [2.75, 3.05) is 26.8 Å². The average molecular weight is 333 g/mol. The molecule has 6 heteroatoms. The topological polar surface area (TPSA) is 68.9 Å². The molecule has 2 rings (SSSR count). The normalized spacial score (nSPS) is 11.4. The van der Waals surface area contributed by atoms with Crippen LogP contribution in [0.25, 0.3) is 0 Å². The second-order valence-electron chi connectivity index (χ2n) is 4.92. The Morgan fingerprint density at radius 2 is 2.09 bits per heavy atom. The maximum absolute atomic E-state index is 5.81. The quantitative estimate of drug-likeness (QED) is 0.420. The Labute approximate surface area is 141 Å². The highest BCUT2D eigenvalue weighted by atomic mass is 32.1. The number of aliphatic imine (C=N–C) groups is 1. The lowest BCUT2D eigenvalue weighted by molar-refractivity contribution is 0.128. The molecule has 2 aromatic rings. The van der Waals surface area contributed by atoms with Crippen LogP contribution >= 0.6 is 11.3 Å². The highest BCUT2D eigenvalue weighted by Crippen LogP contribution is 2.11. The molecule has 1 aromatic carbocycles. The molecular formula is C17H23N3O2S. The number of nitrogens with one attached hydrogen (secondary N) is 1. The highest BCUT2D eigenvalue weighted by molar-refractivity contribution is 7.09. The molecule has 0 aliphatic carbocycles. The van der Waals surface area contributed by atoms with Crippen LogP contribution in [0, 0.1) is 0 Å². The molecule has 23 heavy (non-hydrogen) atoms. The number of thiophene rings is 1. The van der Waals surface area contributed by atoms with Crippen molar-refractivity contribution in [1.29, 1.82) is 0 Å². The summed E-state index contributed by atoms with van der Waals surface area (Å²) in [6.45, 7) is 2.45. The summed E-state index contributed by atoms with van der Waals surface area (Å²) in [6, 6.07) is 12.0. The Balaban J connectivity index is 1.56. The predicted octanol–water partition coefficient (Wildman–Crippen LogP) is 2.42. The van der Waals surface area contributed by atoms with Gasteiger partial charge in [0.05, 0.1) is 26.9 Å². The zero-order valence-electron chi connectivity index (χ0n) is 13.3. The summed E-state index contributed by atoms with van der Waals surface area (Å²) in [5, 5.41) is 5.18. The molecule has 5 nitrogen and oxygen atoms in total. The smallest absolute Gasteiger partial charge is 0.188 e. The van der Waals surface area contributed by atoms with Gasteiger partial charge in [0.15, 0.2) is 5.96 Å². The van der Waals surface area contributed by atoms with Crippen LogP contribution in [0.5, 0.6) is 5.75 Å². The molecule has 0 unspecified atom stereocenters. The molecule has 1 heterocycles. The van der Waals surface area contributed by atoms with Crippen molar-refractivity contribution in [3.63, 3.8) is 0 Å². The van der Waals surface area contributed by atoms with E-state index >= 15 is 0 Å². The third kappa shape index (κ3) is 6.71. The Morgan fingerprint density at radius 1 is 1.26 bits per heavy atom. The van der Waals surface area contributed by atoms with Crippen LogP contribution in [0.3, 0.4) is 0 Å². The van der Waals surface area contributed by atoms with Gasteiger partial charge in [-0.2, -0.15) is 0 Å². The van der Waals surface area contributed by atoms with E-state index in [1.54, 1.807) is 18.4 Å². The third-order valence-electron chi connectivity index (χ3n) is 3.20. The first-order chi connectivity index (χ1) is 11.3. The van der Waals surface area contributed by atoms with E-state index in [9.17, 15) is 0 Å². The van der Waals surface area contributed by atoms with Crippen LogP contribution in [0.15, 0.2) is 46.8 Å². The largest absolute Gasteiger partial charge is 0.497 e. The van der Waals surface area contributed by atoms with Gasteiger partial charge in [-0.1, -0.05) is 18.2 Å². The number of hydrogen-bond acceptors (Lipinski definition) is 4. The number of nitrogens with zero attached hydrogens (tertiary/aromatic N) is 1. The van der Waals surface area contributed by atoms with Crippen LogP contribution in [-0.2, 0) is 17.8 Å². The van der Waals surface area contributed by atoms with Gasteiger partial charge >= 0.3 is 0 Å². The lowest BCUT2D eigenvalue weighted by atomic mass is 10.2. The first kappa shape index (κ1) is 17.3. The Morgan fingerprint density at radius 3 is 2.78 bits per heavy atom. The zero-order chi connectivity index (χ0) is 16.3. The summed E-state index contributed by atoms with van der Waals surface area (Å²) in [6.07, 6.45) is 0.960. The summed E-state index contributed by atoms with van der Waals surface area (Å²) in [4.78, 5) is 5.58. The van der Waals surface area contributed by atoms with Crippen molar-refractivity contribution >= 4 is 17.3 Å². The fraction of sp³-hybridized carbons (Fsp3) is 0.353. The Bertz CT molecular complexity index is 582. The molecule has 0 aliphatic heterocycles. The van der Waals surface area contributed by atoms with Gasteiger partial charge in [0.25, 0.3) is 0 Å². The summed E-state index contributed by atoms with van der Waals surface area (Å²) in [5.74, 6) is 1.31. The van der Waals surface area contributed by atoms with Crippen LogP contribution in [0.4, 0.5) is 0 Å². The van der Waals surface area contributed by atoms with Crippen molar-refractivity contribution in [2.45, 2.75) is 13.0 Å². The minimum Gasteiger partial charge on any atom is -0.497 e. The van der Waals surface area contributed by atoms with E-state index in [0.717, 1.165) is 24.3 Å². The molecule has 0 fully saturated rings. The molecule has 0 saturated heterocycles. The van der Waals surface area contributed by atoms with Gasteiger partial charge in [-0.05, 0) is 35.6 Å². The summed E-state index contributed by atoms with van der Waals surface area (Å²) >= 11 is 1.75. The van der Waals surface area contributed by atoms with Crippen molar-refractivity contribution in [3.05, 3.63) is 52.2 Å². The molecule has 0 bridgehead atoms.